The minimum Gasteiger partial charge on any atom is -0.463 e. The van der Waals surface area contributed by atoms with Crippen LogP contribution >= 0.6 is 0 Å². The third-order valence-electron chi connectivity index (χ3n) is 12.6. The fourth-order valence-corrected chi connectivity index (χ4v) is 14.1. The number of nitrogens with one attached hydrogen (secondary N) is 1. The van der Waals surface area contributed by atoms with Gasteiger partial charge < -0.3 is 47.6 Å². The molecule has 1 N–H and O–H groups in total. The molecule has 0 saturated carbocycles. The van der Waals surface area contributed by atoms with E-state index in [4.69, 9.17) is 42.3 Å². The molecule has 20 heteroatoms. The van der Waals surface area contributed by atoms with Gasteiger partial charge in [0.25, 0.3) is 14.2 Å². The summed E-state index contributed by atoms with van der Waals surface area (Å²) in [5.41, 5.74) is 1.52. The molecule has 4 aromatic carbocycles. The van der Waals surface area contributed by atoms with Crippen LogP contribution in [0.2, 0.25) is 5.04 Å². The molecule has 9 atom stereocenters. The van der Waals surface area contributed by atoms with Crippen LogP contribution in [0.25, 0.3) is 11.2 Å². The van der Waals surface area contributed by atoms with E-state index in [0.717, 1.165) is 15.9 Å². The van der Waals surface area contributed by atoms with Crippen molar-refractivity contribution in [2.45, 2.75) is 115 Å². The summed E-state index contributed by atoms with van der Waals surface area (Å²) in [7, 11) is -3.32. The van der Waals surface area contributed by atoms with E-state index >= 15 is 0 Å². The van der Waals surface area contributed by atoms with Crippen LogP contribution in [-0.2, 0) is 68.1 Å². The van der Waals surface area contributed by atoms with Gasteiger partial charge in [-0.05, 0) is 33.1 Å². The number of hydrogen-bond donors (Lipinski definition) is 1. The van der Waals surface area contributed by atoms with Crippen LogP contribution in [0.4, 0.5) is 5.82 Å². The van der Waals surface area contributed by atoms with E-state index < -0.39 is 105 Å². The first kappa shape index (κ1) is 53.1. The molecule has 0 aliphatic carbocycles. The third kappa shape index (κ3) is 11.9. The molecule has 388 valence electrons. The SMILES string of the molecule is CC(=O)OC[C@H]1O[C@H](O[C@H]2[C@@H](OC(C)=O)[C@H](n3cnc4c(NC(=O)c5ccccc5)ncnc43)O[C@@H]2CO[Si](c2ccccc2)(c2ccccc2)C(C)(C)C)[C@H](OCc2ccccc2)[C@@H](OC(C)=O)[C@@H]1OC(C)=O. The Kier molecular flexibility index (Phi) is 16.7. The number of aromatic nitrogens is 4. The quantitative estimate of drug-likeness (QED) is 0.0628. The second-order valence-corrected chi connectivity index (χ2v) is 23.1. The Morgan fingerprint density at radius 3 is 1.76 bits per heavy atom. The van der Waals surface area contributed by atoms with Crippen molar-refractivity contribution >= 4 is 65.5 Å². The lowest BCUT2D eigenvalue weighted by Crippen LogP contribution is -2.67. The predicted octanol–water partition coefficient (Wildman–Crippen LogP) is 5.61. The smallest absolute Gasteiger partial charge is 0.303 e. The van der Waals surface area contributed by atoms with Crippen molar-refractivity contribution < 1.29 is 66.3 Å². The lowest BCUT2D eigenvalue weighted by Gasteiger charge is -2.46. The van der Waals surface area contributed by atoms with E-state index in [2.05, 4.69) is 41.0 Å². The molecule has 8 rings (SSSR count). The van der Waals surface area contributed by atoms with Crippen molar-refractivity contribution in [2.24, 2.45) is 0 Å². The summed E-state index contributed by atoms with van der Waals surface area (Å²) in [6.07, 6.45) is -9.25. The Morgan fingerprint density at radius 2 is 1.18 bits per heavy atom. The Morgan fingerprint density at radius 1 is 0.622 bits per heavy atom. The Bertz CT molecular complexity index is 2850. The lowest BCUT2D eigenvalue weighted by atomic mass is 9.97. The van der Waals surface area contributed by atoms with Crippen LogP contribution in [0.1, 0.15) is 70.6 Å². The van der Waals surface area contributed by atoms with E-state index in [1.807, 2.05) is 91.0 Å². The summed E-state index contributed by atoms with van der Waals surface area (Å²) in [6.45, 7) is 10.5. The molecule has 0 spiro atoms. The zero-order valence-corrected chi connectivity index (χ0v) is 43.0. The zero-order chi connectivity index (χ0) is 52.6. The van der Waals surface area contributed by atoms with Gasteiger partial charge in [-0.15, -0.1) is 0 Å². The number of benzene rings is 4. The van der Waals surface area contributed by atoms with Crippen molar-refractivity contribution in [3.05, 3.63) is 145 Å². The molecule has 4 heterocycles. The van der Waals surface area contributed by atoms with Crippen molar-refractivity contribution in [1.29, 1.82) is 0 Å². The average Bonchev–Trinajstić information content (AvgIpc) is 3.95. The van der Waals surface area contributed by atoms with Crippen LogP contribution in [0.15, 0.2) is 134 Å². The fraction of sp³-hybridized carbons (Fsp3) is 0.370. The Labute approximate surface area is 428 Å². The number of imidazole rings is 1. The maximum absolute atomic E-state index is 13.4. The topological polar surface area (TPSA) is 224 Å². The van der Waals surface area contributed by atoms with Gasteiger partial charge in [-0.1, -0.05) is 130 Å². The van der Waals surface area contributed by atoms with Crippen molar-refractivity contribution in [1.82, 2.24) is 19.5 Å². The molecule has 2 aliphatic heterocycles. The molecule has 0 unspecified atom stereocenters. The molecule has 6 aromatic rings. The number of nitrogens with zero attached hydrogens (tertiary/aromatic N) is 4. The maximum atomic E-state index is 13.4. The lowest BCUT2D eigenvalue weighted by molar-refractivity contribution is -0.330. The van der Waals surface area contributed by atoms with Gasteiger partial charge in [-0.2, -0.15) is 0 Å². The molecule has 0 bridgehead atoms. The van der Waals surface area contributed by atoms with Gasteiger partial charge in [0.2, 0.25) is 0 Å². The van der Waals surface area contributed by atoms with Crippen molar-refractivity contribution in [3.63, 3.8) is 0 Å². The van der Waals surface area contributed by atoms with Gasteiger partial charge >= 0.3 is 23.9 Å². The number of carbonyl (C=O) groups excluding carboxylic acids is 5. The fourth-order valence-electron chi connectivity index (χ4n) is 9.49. The van der Waals surface area contributed by atoms with Crippen LogP contribution in [0, 0.1) is 0 Å². The molecule has 19 nitrogen and oxygen atoms in total. The first-order valence-electron chi connectivity index (χ1n) is 24.1. The van der Waals surface area contributed by atoms with Gasteiger partial charge in [0.1, 0.15) is 37.4 Å². The van der Waals surface area contributed by atoms with Gasteiger partial charge in [-0.25, -0.2) is 15.0 Å². The van der Waals surface area contributed by atoms with Crippen LogP contribution in [0.3, 0.4) is 0 Å². The molecule has 2 fully saturated rings. The zero-order valence-electron chi connectivity index (χ0n) is 42.0. The molecule has 0 radical (unpaired) electrons. The molecular formula is C54H59N5O14Si. The van der Waals surface area contributed by atoms with Crippen LogP contribution in [0.5, 0.6) is 0 Å². The third-order valence-corrected chi connectivity index (χ3v) is 17.6. The molecule has 2 aromatic heterocycles. The summed E-state index contributed by atoms with van der Waals surface area (Å²) in [5, 5.41) is 4.28. The van der Waals surface area contributed by atoms with Crippen LogP contribution < -0.4 is 15.7 Å². The number of esters is 4. The summed E-state index contributed by atoms with van der Waals surface area (Å²) in [4.78, 5) is 78.4. The number of fused-ring (bicyclic) bond motifs is 1. The summed E-state index contributed by atoms with van der Waals surface area (Å²) >= 11 is 0. The summed E-state index contributed by atoms with van der Waals surface area (Å²) in [6, 6.07) is 37.7. The number of anilines is 1. The Hall–Kier alpha value is -7.20. The summed E-state index contributed by atoms with van der Waals surface area (Å²) in [5.74, 6) is -3.19. The second kappa shape index (κ2) is 23.3. The monoisotopic (exact) mass is 1030 g/mol. The average molecular weight is 1030 g/mol. The standard InChI is InChI=1S/C54H59N5O14Si/c1-33(60)65-29-41-44(68-34(2)61)46(69-35(3)62)48(66-28-37-20-12-8-13-21-37)53(72-41)73-45-42(30-67-74(54(5,6)7,39-24-16-10-17-25-39)40-26-18-11-19-27-40)71-52(47(45)70-36(4)63)59-32-57-43-49(55-31-56-50(43)59)58-51(64)38-22-14-9-15-23-38/h8-27,31-32,41-42,44-48,52-53H,28-30H2,1-7H3,(H,55,56,58,64)/t41-,42-,44-,45-,46+,47-,48-,52-,53-/m1/s1. The Balaban J connectivity index is 1.26. The highest BCUT2D eigenvalue weighted by molar-refractivity contribution is 6.99. The number of rotatable bonds is 18. The van der Waals surface area contributed by atoms with E-state index in [-0.39, 0.29) is 30.2 Å². The minimum absolute atomic E-state index is 0.0602. The molecule has 2 aliphatic rings. The van der Waals surface area contributed by atoms with E-state index in [1.165, 1.54) is 40.3 Å². The van der Waals surface area contributed by atoms with Gasteiger partial charge in [-0.3, -0.25) is 28.5 Å². The molecular weight excluding hydrogens is 971 g/mol. The number of carbonyl (C=O) groups is 5. The van der Waals surface area contributed by atoms with Crippen molar-refractivity contribution in [2.75, 3.05) is 18.5 Å². The molecule has 2 saturated heterocycles. The largest absolute Gasteiger partial charge is 0.463 e. The first-order chi connectivity index (χ1) is 35.5. The predicted molar refractivity (Wildman–Crippen MR) is 269 cm³/mol. The van der Waals surface area contributed by atoms with E-state index in [0.29, 0.717) is 5.56 Å². The van der Waals surface area contributed by atoms with E-state index in [9.17, 15) is 24.0 Å². The van der Waals surface area contributed by atoms with E-state index in [1.54, 1.807) is 34.9 Å². The normalized spacial score (nSPS) is 22.9. The van der Waals surface area contributed by atoms with Gasteiger partial charge in [0.05, 0.1) is 19.5 Å². The number of amides is 1. The maximum Gasteiger partial charge on any atom is 0.303 e. The summed E-state index contributed by atoms with van der Waals surface area (Å²) < 4.78 is 59.8. The van der Waals surface area contributed by atoms with Crippen molar-refractivity contribution in [3.8, 4) is 0 Å². The molecule has 74 heavy (non-hydrogen) atoms. The van der Waals surface area contributed by atoms with Gasteiger partial charge in [0.15, 0.2) is 47.8 Å². The number of ether oxygens (including phenoxy) is 8. The highest BCUT2D eigenvalue weighted by Crippen LogP contribution is 2.42. The van der Waals surface area contributed by atoms with Crippen LogP contribution in [-0.4, -0.2) is 120 Å². The van der Waals surface area contributed by atoms with Gasteiger partial charge in [0, 0.05) is 33.3 Å². The second-order valence-electron chi connectivity index (χ2n) is 18.8. The first-order valence-corrected chi connectivity index (χ1v) is 26.0. The number of hydrogen-bond acceptors (Lipinski definition) is 17. The molecule has 1 amide bonds. The highest BCUT2D eigenvalue weighted by Gasteiger charge is 2.58. The highest BCUT2D eigenvalue weighted by atomic mass is 28.4. The minimum atomic E-state index is -3.32.